The van der Waals surface area contributed by atoms with Crippen LogP contribution in [0.4, 0.5) is 0 Å². The Morgan fingerprint density at radius 1 is 1.10 bits per heavy atom. The van der Waals surface area contributed by atoms with Gasteiger partial charge in [-0.05, 0) is 69.1 Å². The third-order valence-corrected chi connectivity index (χ3v) is 5.73. The molecule has 0 radical (unpaired) electrons. The number of aromatic nitrogens is 3. The molecule has 0 spiro atoms. The fourth-order valence-corrected chi connectivity index (χ4v) is 4.09. The number of halogens is 1. The minimum Gasteiger partial charge on any atom is -0.347 e. The lowest BCUT2D eigenvalue weighted by atomic mass is 10.1. The Balaban J connectivity index is 1.50. The molecule has 3 heterocycles. The van der Waals surface area contributed by atoms with Crippen LogP contribution in [0.15, 0.2) is 42.5 Å². The van der Waals surface area contributed by atoms with Gasteiger partial charge in [-0.2, -0.15) is 5.10 Å². The lowest BCUT2D eigenvalue weighted by molar-refractivity contribution is 0.0946. The van der Waals surface area contributed by atoms with Crippen molar-refractivity contribution in [3.8, 4) is 5.82 Å². The van der Waals surface area contributed by atoms with Crippen molar-refractivity contribution in [2.24, 2.45) is 0 Å². The van der Waals surface area contributed by atoms with Crippen molar-refractivity contribution in [2.75, 3.05) is 13.1 Å². The number of hydrogen-bond acceptors (Lipinski definition) is 4. The number of pyridine rings is 1. The zero-order valence-corrected chi connectivity index (χ0v) is 18.1. The predicted molar refractivity (Wildman–Crippen MR) is 118 cm³/mol. The van der Waals surface area contributed by atoms with Gasteiger partial charge in [0.1, 0.15) is 5.69 Å². The van der Waals surface area contributed by atoms with Crippen LogP contribution in [0.3, 0.4) is 0 Å². The van der Waals surface area contributed by atoms with Crippen molar-refractivity contribution in [1.29, 1.82) is 0 Å². The third kappa shape index (κ3) is 4.55. The van der Waals surface area contributed by atoms with Crippen LogP contribution in [0.2, 0.25) is 5.02 Å². The molecule has 7 heteroatoms. The first-order valence-electron chi connectivity index (χ1n) is 10.3. The van der Waals surface area contributed by atoms with Crippen molar-refractivity contribution in [1.82, 2.24) is 25.0 Å². The highest BCUT2D eigenvalue weighted by Crippen LogP contribution is 2.19. The van der Waals surface area contributed by atoms with E-state index in [0.29, 0.717) is 17.4 Å². The second kappa shape index (κ2) is 8.98. The summed E-state index contributed by atoms with van der Waals surface area (Å²) in [7, 11) is 0. The SMILES string of the molecule is Cc1cc(C)n(-c2ccc(Cl)c(C(=O)NCc3ccccc3CN3CCCC3)n2)n1. The highest BCUT2D eigenvalue weighted by molar-refractivity contribution is 6.33. The maximum atomic E-state index is 12.9. The van der Waals surface area contributed by atoms with Crippen LogP contribution in [-0.2, 0) is 13.1 Å². The number of aryl methyl sites for hydroxylation is 2. The second-order valence-electron chi connectivity index (χ2n) is 7.77. The van der Waals surface area contributed by atoms with Crippen molar-refractivity contribution in [2.45, 2.75) is 39.8 Å². The largest absolute Gasteiger partial charge is 0.347 e. The molecule has 1 N–H and O–H groups in total. The van der Waals surface area contributed by atoms with Gasteiger partial charge in [0.15, 0.2) is 5.82 Å². The maximum Gasteiger partial charge on any atom is 0.271 e. The van der Waals surface area contributed by atoms with Gasteiger partial charge in [0.2, 0.25) is 0 Å². The molecule has 1 aliphatic rings. The van der Waals surface area contributed by atoms with Gasteiger partial charge in [0, 0.05) is 18.8 Å². The second-order valence-corrected chi connectivity index (χ2v) is 8.18. The molecule has 1 fully saturated rings. The van der Waals surface area contributed by atoms with Crippen molar-refractivity contribution < 1.29 is 4.79 Å². The van der Waals surface area contributed by atoms with Gasteiger partial charge < -0.3 is 5.32 Å². The number of amides is 1. The number of nitrogens with zero attached hydrogens (tertiary/aromatic N) is 4. The van der Waals surface area contributed by atoms with Crippen LogP contribution in [0.5, 0.6) is 0 Å². The normalized spacial score (nSPS) is 14.2. The number of carbonyl (C=O) groups excluding carboxylic acids is 1. The zero-order chi connectivity index (χ0) is 21.1. The molecule has 2 aromatic heterocycles. The molecule has 0 saturated carbocycles. The number of carbonyl (C=O) groups is 1. The van der Waals surface area contributed by atoms with Crippen molar-refractivity contribution in [3.05, 3.63) is 75.7 Å². The van der Waals surface area contributed by atoms with Crippen LogP contribution < -0.4 is 5.32 Å². The summed E-state index contributed by atoms with van der Waals surface area (Å²) >= 11 is 6.29. The lowest BCUT2D eigenvalue weighted by Crippen LogP contribution is -2.26. The smallest absolute Gasteiger partial charge is 0.271 e. The molecule has 0 bridgehead atoms. The number of hydrogen-bond donors (Lipinski definition) is 1. The number of benzene rings is 1. The van der Waals surface area contributed by atoms with Gasteiger partial charge >= 0.3 is 0 Å². The molecule has 30 heavy (non-hydrogen) atoms. The molecule has 0 aliphatic carbocycles. The van der Waals surface area contributed by atoms with E-state index in [1.54, 1.807) is 16.8 Å². The summed E-state index contributed by atoms with van der Waals surface area (Å²) in [4.78, 5) is 19.8. The predicted octanol–water partition coefficient (Wildman–Crippen LogP) is 4.06. The van der Waals surface area contributed by atoms with Gasteiger partial charge in [-0.25, -0.2) is 9.67 Å². The maximum absolute atomic E-state index is 12.9. The zero-order valence-electron chi connectivity index (χ0n) is 17.4. The average Bonchev–Trinajstić information content (AvgIpc) is 3.36. The summed E-state index contributed by atoms with van der Waals surface area (Å²) in [5, 5.41) is 7.75. The molecule has 1 saturated heterocycles. The topological polar surface area (TPSA) is 63.1 Å². The van der Waals surface area contributed by atoms with Gasteiger partial charge in [0.05, 0.1) is 10.7 Å². The summed E-state index contributed by atoms with van der Waals surface area (Å²) in [5.41, 5.74) is 4.41. The molecule has 0 atom stereocenters. The van der Waals surface area contributed by atoms with Crippen LogP contribution in [0.25, 0.3) is 5.82 Å². The molecule has 4 rings (SSSR count). The molecule has 3 aromatic rings. The number of rotatable bonds is 6. The monoisotopic (exact) mass is 423 g/mol. The van der Waals surface area contributed by atoms with Gasteiger partial charge in [-0.1, -0.05) is 35.9 Å². The summed E-state index contributed by atoms with van der Waals surface area (Å²) in [6.45, 7) is 7.50. The van der Waals surface area contributed by atoms with Crippen LogP contribution in [0, 0.1) is 13.8 Å². The molecular formula is C23H26ClN5O. The van der Waals surface area contributed by atoms with Crippen LogP contribution in [0.1, 0.15) is 45.8 Å². The Morgan fingerprint density at radius 3 is 2.53 bits per heavy atom. The lowest BCUT2D eigenvalue weighted by Gasteiger charge is -2.18. The minimum absolute atomic E-state index is 0.207. The van der Waals surface area contributed by atoms with E-state index < -0.39 is 0 Å². The molecule has 1 amide bonds. The molecule has 156 valence electrons. The first kappa shape index (κ1) is 20.6. The summed E-state index contributed by atoms with van der Waals surface area (Å²) in [5.74, 6) is 0.281. The molecule has 0 unspecified atom stereocenters. The molecule has 1 aromatic carbocycles. The summed E-state index contributed by atoms with van der Waals surface area (Å²) < 4.78 is 1.72. The standard InChI is InChI=1S/C23H26ClN5O/c1-16-13-17(2)29(27-16)21-10-9-20(24)22(26-21)23(30)25-14-18-7-3-4-8-19(18)15-28-11-5-6-12-28/h3-4,7-10,13H,5-6,11-12,14-15H2,1-2H3,(H,25,30). The van der Waals surface area contributed by atoms with E-state index in [2.05, 4.69) is 32.4 Å². The minimum atomic E-state index is -0.292. The van der Waals surface area contributed by atoms with E-state index in [1.807, 2.05) is 32.0 Å². The molecule has 1 aliphatic heterocycles. The van der Waals surface area contributed by atoms with E-state index in [4.69, 9.17) is 11.6 Å². The van der Waals surface area contributed by atoms with Gasteiger partial charge in [-0.3, -0.25) is 9.69 Å². The molecular weight excluding hydrogens is 398 g/mol. The van der Waals surface area contributed by atoms with E-state index >= 15 is 0 Å². The first-order valence-corrected chi connectivity index (χ1v) is 10.7. The Hall–Kier alpha value is -2.70. The summed E-state index contributed by atoms with van der Waals surface area (Å²) in [6.07, 6.45) is 2.52. The quantitative estimate of drug-likeness (QED) is 0.649. The van der Waals surface area contributed by atoms with Crippen molar-refractivity contribution in [3.63, 3.8) is 0 Å². The Bertz CT molecular complexity index is 1060. The van der Waals surface area contributed by atoms with Gasteiger partial charge in [0.25, 0.3) is 5.91 Å². The van der Waals surface area contributed by atoms with E-state index in [1.165, 1.54) is 18.4 Å². The highest BCUT2D eigenvalue weighted by Gasteiger charge is 2.17. The fraction of sp³-hybridized carbons (Fsp3) is 0.348. The number of nitrogens with one attached hydrogen (secondary N) is 1. The first-order chi connectivity index (χ1) is 14.5. The Morgan fingerprint density at radius 2 is 1.83 bits per heavy atom. The number of likely N-dealkylation sites (tertiary alicyclic amines) is 1. The van der Waals surface area contributed by atoms with E-state index in [-0.39, 0.29) is 11.6 Å². The van der Waals surface area contributed by atoms with Crippen molar-refractivity contribution >= 4 is 17.5 Å². The Kier molecular flexibility index (Phi) is 6.16. The average molecular weight is 424 g/mol. The molecule has 6 nitrogen and oxygen atoms in total. The Labute approximate surface area is 181 Å². The highest BCUT2D eigenvalue weighted by atomic mass is 35.5. The van der Waals surface area contributed by atoms with Gasteiger partial charge in [-0.15, -0.1) is 0 Å². The third-order valence-electron chi connectivity index (χ3n) is 5.42. The fourth-order valence-electron chi connectivity index (χ4n) is 3.89. The van der Waals surface area contributed by atoms with Crippen LogP contribution >= 0.6 is 11.6 Å². The van der Waals surface area contributed by atoms with E-state index in [0.717, 1.165) is 36.6 Å². The van der Waals surface area contributed by atoms with Crippen LogP contribution in [-0.4, -0.2) is 38.7 Å². The summed E-state index contributed by atoms with van der Waals surface area (Å²) in [6, 6.07) is 13.7. The van der Waals surface area contributed by atoms with E-state index in [9.17, 15) is 4.79 Å².